The number of hydrogen-bond donors (Lipinski definition) is 2. The molecule has 1 spiro atoms. The van der Waals surface area contributed by atoms with E-state index in [1.807, 2.05) is 20.8 Å². The van der Waals surface area contributed by atoms with E-state index in [2.05, 4.69) is 0 Å². The van der Waals surface area contributed by atoms with Gasteiger partial charge in [-0.2, -0.15) is 0 Å². The monoisotopic (exact) mass is 248 g/mol. The van der Waals surface area contributed by atoms with E-state index in [9.17, 15) is 10.2 Å². The summed E-state index contributed by atoms with van der Waals surface area (Å²) >= 11 is 0. The molecule has 0 aromatic heterocycles. The Morgan fingerprint density at radius 1 is 1.11 bits per heavy atom. The molecule has 2 aliphatic rings. The molecule has 1 fully saturated rings. The molecule has 0 bridgehead atoms. The van der Waals surface area contributed by atoms with E-state index in [1.165, 1.54) is 0 Å². The number of aliphatic hydroxyl groups is 1. The van der Waals surface area contributed by atoms with Gasteiger partial charge in [0, 0.05) is 16.5 Å². The first-order chi connectivity index (χ1) is 8.48. The quantitative estimate of drug-likeness (QED) is 0.742. The van der Waals surface area contributed by atoms with Crippen molar-refractivity contribution in [2.45, 2.75) is 46.1 Å². The summed E-state index contributed by atoms with van der Waals surface area (Å²) in [6.07, 6.45) is 2.69. The van der Waals surface area contributed by atoms with Crippen molar-refractivity contribution in [3.63, 3.8) is 0 Å². The van der Waals surface area contributed by atoms with Gasteiger partial charge in [0.1, 0.15) is 11.5 Å². The standard InChI is InChI=1S/C15H20O3/c1-8-9(2)13-11(10(3)12(8)16)14(17)15(7-18-13)5-4-6-15/h14,16-17H,4-7H2,1-3H3. The molecule has 2 N–H and O–H groups in total. The summed E-state index contributed by atoms with van der Waals surface area (Å²) in [6.45, 7) is 6.30. The second kappa shape index (κ2) is 3.64. The number of benzene rings is 1. The minimum absolute atomic E-state index is 0.105. The van der Waals surface area contributed by atoms with E-state index in [0.29, 0.717) is 12.4 Å². The van der Waals surface area contributed by atoms with Crippen LogP contribution in [-0.2, 0) is 0 Å². The molecule has 1 aliphatic heterocycles. The van der Waals surface area contributed by atoms with E-state index in [1.54, 1.807) is 0 Å². The van der Waals surface area contributed by atoms with E-state index in [0.717, 1.165) is 47.3 Å². The molecule has 98 valence electrons. The summed E-state index contributed by atoms with van der Waals surface area (Å²) in [6, 6.07) is 0. The molecule has 18 heavy (non-hydrogen) atoms. The Kier molecular flexibility index (Phi) is 2.39. The van der Waals surface area contributed by atoms with Crippen LogP contribution < -0.4 is 4.74 Å². The van der Waals surface area contributed by atoms with Gasteiger partial charge in [0.25, 0.3) is 0 Å². The molecule has 0 saturated heterocycles. The van der Waals surface area contributed by atoms with Crippen LogP contribution in [0.2, 0.25) is 0 Å². The molecule has 3 nitrogen and oxygen atoms in total. The number of fused-ring (bicyclic) bond motifs is 1. The molecule has 1 unspecified atom stereocenters. The van der Waals surface area contributed by atoms with Gasteiger partial charge in [-0.3, -0.25) is 0 Å². The lowest BCUT2D eigenvalue weighted by Gasteiger charge is -2.49. The number of ether oxygens (including phenoxy) is 1. The smallest absolute Gasteiger partial charge is 0.128 e. The predicted octanol–water partition coefficient (Wildman–Crippen LogP) is 2.91. The van der Waals surface area contributed by atoms with Crippen molar-refractivity contribution in [2.24, 2.45) is 5.41 Å². The van der Waals surface area contributed by atoms with Crippen molar-refractivity contribution in [3.8, 4) is 11.5 Å². The van der Waals surface area contributed by atoms with Gasteiger partial charge in [0.2, 0.25) is 0 Å². The Labute approximate surface area is 107 Å². The zero-order valence-electron chi connectivity index (χ0n) is 11.2. The first-order valence-electron chi connectivity index (χ1n) is 6.61. The van der Waals surface area contributed by atoms with Gasteiger partial charge >= 0.3 is 0 Å². The molecule has 1 aromatic rings. The van der Waals surface area contributed by atoms with Gasteiger partial charge in [-0.25, -0.2) is 0 Å². The van der Waals surface area contributed by atoms with Crippen molar-refractivity contribution in [3.05, 3.63) is 22.3 Å². The third-order valence-electron chi connectivity index (χ3n) is 4.97. The molecule has 1 heterocycles. The Morgan fingerprint density at radius 3 is 2.33 bits per heavy atom. The van der Waals surface area contributed by atoms with Crippen molar-refractivity contribution in [1.82, 2.24) is 0 Å². The summed E-state index contributed by atoms with van der Waals surface area (Å²) in [5.41, 5.74) is 3.27. The van der Waals surface area contributed by atoms with Crippen LogP contribution in [0.1, 0.15) is 47.6 Å². The average molecular weight is 248 g/mol. The van der Waals surface area contributed by atoms with Crippen LogP contribution in [-0.4, -0.2) is 16.8 Å². The topological polar surface area (TPSA) is 49.7 Å². The highest BCUT2D eigenvalue weighted by atomic mass is 16.5. The van der Waals surface area contributed by atoms with Gasteiger partial charge in [-0.15, -0.1) is 0 Å². The van der Waals surface area contributed by atoms with Crippen LogP contribution in [0.3, 0.4) is 0 Å². The zero-order valence-corrected chi connectivity index (χ0v) is 11.2. The SMILES string of the molecule is Cc1c(C)c2c(c(C)c1O)C(O)C1(CCC1)CO2. The number of rotatable bonds is 0. The van der Waals surface area contributed by atoms with Crippen LogP contribution >= 0.6 is 0 Å². The molecule has 0 amide bonds. The summed E-state index contributed by atoms with van der Waals surface area (Å²) in [4.78, 5) is 0. The maximum Gasteiger partial charge on any atom is 0.128 e. The lowest BCUT2D eigenvalue weighted by atomic mass is 9.62. The summed E-state index contributed by atoms with van der Waals surface area (Å²) in [5.74, 6) is 1.08. The largest absolute Gasteiger partial charge is 0.507 e. The Bertz CT molecular complexity index is 515. The highest BCUT2D eigenvalue weighted by Crippen LogP contribution is 2.57. The van der Waals surface area contributed by atoms with Gasteiger partial charge in [0.05, 0.1) is 12.7 Å². The van der Waals surface area contributed by atoms with E-state index < -0.39 is 6.10 Å². The second-order valence-corrected chi connectivity index (χ2v) is 5.87. The Hall–Kier alpha value is -1.22. The fourth-order valence-corrected chi connectivity index (χ4v) is 3.29. The number of phenols is 1. The number of aliphatic hydroxyl groups excluding tert-OH is 1. The highest BCUT2D eigenvalue weighted by molar-refractivity contribution is 5.59. The molecule has 1 aromatic carbocycles. The molecular formula is C15H20O3. The summed E-state index contributed by atoms with van der Waals surface area (Å²) < 4.78 is 5.93. The number of aromatic hydroxyl groups is 1. The Morgan fingerprint density at radius 2 is 1.78 bits per heavy atom. The predicted molar refractivity (Wildman–Crippen MR) is 69.1 cm³/mol. The number of hydrogen-bond acceptors (Lipinski definition) is 3. The van der Waals surface area contributed by atoms with Crippen molar-refractivity contribution in [1.29, 1.82) is 0 Å². The third kappa shape index (κ3) is 1.28. The molecule has 1 atom stereocenters. The second-order valence-electron chi connectivity index (χ2n) is 5.87. The first-order valence-corrected chi connectivity index (χ1v) is 6.61. The van der Waals surface area contributed by atoms with Gasteiger partial charge < -0.3 is 14.9 Å². The number of phenolic OH excluding ortho intramolecular Hbond substituents is 1. The molecule has 1 saturated carbocycles. The maximum atomic E-state index is 10.7. The average Bonchev–Trinajstić information content (AvgIpc) is 2.31. The first kappa shape index (κ1) is 11.8. The normalized spacial score (nSPS) is 24.3. The van der Waals surface area contributed by atoms with Crippen molar-refractivity contribution < 1.29 is 14.9 Å². The third-order valence-corrected chi connectivity index (χ3v) is 4.97. The molecule has 3 rings (SSSR count). The van der Waals surface area contributed by atoms with Crippen LogP contribution in [0.4, 0.5) is 0 Å². The molecule has 3 heteroatoms. The highest BCUT2D eigenvalue weighted by Gasteiger charge is 2.49. The summed E-state index contributed by atoms with van der Waals surface area (Å²) in [7, 11) is 0. The fraction of sp³-hybridized carbons (Fsp3) is 0.600. The lowest BCUT2D eigenvalue weighted by Crippen LogP contribution is -2.44. The van der Waals surface area contributed by atoms with Crippen LogP contribution in [0.5, 0.6) is 11.5 Å². The van der Waals surface area contributed by atoms with E-state index >= 15 is 0 Å². The molecular weight excluding hydrogens is 228 g/mol. The van der Waals surface area contributed by atoms with Crippen molar-refractivity contribution >= 4 is 0 Å². The van der Waals surface area contributed by atoms with Crippen molar-refractivity contribution in [2.75, 3.05) is 6.61 Å². The minimum atomic E-state index is -0.500. The van der Waals surface area contributed by atoms with Gasteiger partial charge in [0.15, 0.2) is 0 Å². The van der Waals surface area contributed by atoms with Crippen LogP contribution in [0.15, 0.2) is 0 Å². The van der Waals surface area contributed by atoms with Gasteiger partial charge in [-0.1, -0.05) is 6.42 Å². The van der Waals surface area contributed by atoms with Crippen LogP contribution in [0.25, 0.3) is 0 Å². The minimum Gasteiger partial charge on any atom is -0.507 e. The fourth-order valence-electron chi connectivity index (χ4n) is 3.29. The lowest BCUT2D eigenvalue weighted by molar-refractivity contribution is -0.0837. The Balaban J connectivity index is 2.20. The maximum absolute atomic E-state index is 10.7. The summed E-state index contributed by atoms with van der Waals surface area (Å²) in [5, 5.41) is 20.8. The molecule has 1 aliphatic carbocycles. The van der Waals surface area contributed by atoms with Gasteiger partial charge in [-0.05, 0) is 44.7 Å². The van der Waals surface area contributed by atoms with E-state index in [-0.39, 0.29) is 5.41 Å². The van der Waals surface area contributed by atoms with Crippen LogP contribution in [0, 0.1) is 26.2 Å². The zero-order chi connectivity index (χ0) is 13.1. The molecule has 0 radical (unpaired) electrons. The van der Waals surface area contributed by atoms with E-state index in [4.69, 9.17) is 4.74 Å².